The highest BCUT2D eigenvalue weighted by atomic mass is 16.4. The van der Waals surface area contributed by atoms with Gasteiger partial charge < -0.3 is 10.4 Å². The Bertz CT molecular complexity index is 353. The largest absolute Gasteiger partial charge is 0.481 e. The molecule has 4 heteroatoms. The number of aromatic nitrogens is 1. The van der Waals surface area contributed by atoms with Crippen LogP contribution in [0.3, 0.4) is 0 Å². The molecule has 0 aromatic carbocycles. The van der Waals surface area contributed by atoms with Crippen molar-refractivity contribution in [1.29, 1.82) is 0 Å². The van der Waals surface area contributed by atoms with Gasteiger partial charge in [-0.2, -0.15) is 0 Å². The minimum Gasteiger partial charge on any atom is -0.481 e. The standard InChI is InChI=1S/C12H18N2O2/c1-9(12(15)16)4-3-6-14-11-5-7-13-10(2)8-11/h5,7-9H,3-4,6H2,1-2H3,(H,13,14)(H,15,16). The lowest BCUT2D eigenvalue weighted by Gasteiger charge is -2.08. The summed E-state index contributed by atoms with van der Waals surface area (Å²) in [5, 5.41) is 12.0. The van der Waals surface area contributed by atoms with E-state index in [1.807, 2.05) is 19.1 Å². The van der Waals surface area contributed by atoms with Crippen LogP contribution in [-0.4, -0.2) is 22.6 Å². The van der Waals surface area contributed by atoms with E-state index in [2.05, 4.69) is 10.3 Å². The Balaban J connectivity index is 2.23. The van der Waals surface area contributed by atoms with E-state index in [9.17, 15) is 4.79 Å². The number of nitrogens with one attached hydrogen (secondary N) is 1. The normalized spacial score (nSPS) is 12.1. The monoisotopic (exact) mass is 222 g/mol. The lowest BCUT2D eigenvalue weighted by Crippen LogP contribution is -2.11. The average molecular weight is 222 g/mol. The van der Waals surface area contributed by atoms with E-state index in [-0.39, 0.29) is 5.92 Å². The molecule has 0 amide bonds. The highest BCUT2D eigenvalue weighted by Crippen LogP contribution is 2.09. The van der Waals surface area contributed by atoms with E-state index in [0.717, 1.165) is 24.3 Å². The number of carboxylic acids is 1. The van der Waals surface area contributed by atoms with Crippen molar-refractivity contribution < 1.29 is 9.90 Å². The molecule has 1 unspecified atom stereocenters. The summed E-state index contributed by atoms with van der Waals surface area (Å²) in [4.78, 5) is 14.7. The summed E-state index contributed by atoms with van der Waals surface area (Å²) in [6.45, 7) is 4.47. The lowest BCUT2D eigenvalue weighted by molar-refractivity contribution is -0.141. The topological polar surface area (TPSA) is 62.2 Å². The van der Waals surface area contributed by atoms with Crippen LogP contribution in [0.2, 0.25) is 0 Å². The quantitative estimate of drug-likeness (QED) is 0.725. The summed E-state index contributed by atoms with van der Waals surface area (Å²) in [7, 11) is 0. The molecule has 4 nitrogen and oxygen atoms in total. The molecule has 0 fully saturated rings. The highest BCUT2D eigenvalue weighted by molar-refractivity contribution is 5.69. The molecular weight excluding hydrogens is 204 g/mol. The number of aliphatic carboxylic acids is 1. The van der Waals surface area contributed by atoms with Crippen LogP contribution in [0.1, 0.15) is 25.5 Å². The minimum atomic E-state index is -0.722. The summed E-state index contributed by atoms with van der Waals surface area (Å²) in [6.07, 6.45) is 3.32. The van der Waals surface area contributed by atoms with Crippen LogP contribution in [0.5, 0.6) is 0 Å². The van der Waals surface area contributed by atoms with Crippen molar-refractivity contribution in [2.45, 2.75) is 26.7 Å². The second-order valence-electron chi connectivity index (χ2n) is 3.99. The van der Waals surface area contributed by atoms with Crippen molar-refractivity contribution in [3.05, 3.63) is 24.0 Å². The Labute approximate surface area is 95.7 Å². The van der Waals surface area contributed by atoms with Gasteiger partial charge in [-0.25, -0.2) is 0 Å². The number of nitrogens with zero attached hydrogens (tertiary/aromatic N) is 1. The van der Waals surface area contributed by atoms with Gasteiger partial charge in [0.1, 0.15) is 0 Å². The van der Waals surface area contributed by atoms with Crippen LogP contribution < -0.4 is 5.32 Å². The maximum Gasteiger partial charge on any atom is 0.306 e. The third kappa shape index (κ3) is 4.29. The van der Waals surface area contributed by atoms with E-state index < -0.39 is 5.97 Å². The Kier molecular flexibility index (Phi) is 4.76. The van der Waals surface area contributed by atoms with Gasteiger partial charge in [-0.15, -0.1) is 0 Å². The number of aryl methyl sites for hydroxylation is 1. The van der Waals surface area contributed by atoms with Crippen LogP contribution in [-0.2, 0) is 4.79 Å². The van der Waals surface area contributed by atoms with E-state index in [1.165, 1.54) is 0 Å². The molecule has 1 rings (SSSR count). The highest BCUT2D eigenvalue weighted by Gasteiger charge is 2.09. The first kappa shape index (κ1) is 12.5. The summed E-state index contributed by atoms with van der Waals surface area (Å²) < 4.78 is 0. The summed E-state index contributed by atoms with van der Waals surface area (Å²) in [5.41, 5.74) is 2.01. The zero-order valence-electron chi connectivity index (χ0n) is 9.73. The van der Waals surface area contributed by atoms with Gasteiger partial charge in [-0.1, -0.05) is 6.92 Å². The van der Waals surface area contributed by atoms with Gasteiger partial charge in [-0.05, 0) is 31.9 Å². The Morgan fingerprint density at radius 1 is 1.62 bits per heavy atom. The first-order chi connectivity index (χ1) is 7.59. The molecule has 88 valence electrons. The summed E-state index contributed by atoms with van der Waals surface area (Å²) in [6, 6.07) is 3.88. The number of carboxylic acid groups (broad SMARTS) is 1. The molecular formula is C12H18N2O2. The van der Waals surface area contributed by atoms with E-state index in [0.29, 0.717) is 6.42 Å². The predicted octanol–water partition coefficient (Wildman–Crippen LogP) is 2.30. The van der Waals surface area contributed by atoms with Crippen molar-refractivity contribution in [3.8, 4) is 0 Å². The van der Waals surface area contributed by atoms with Gasteiger partial charge in [0.2, 0.25) is 0 Å². The van der Waals surface area contributed by atoms with E-state index in [4.69, 9.17) is 5.11 Å². The van der Waals surface area contributed by atoms with E-state index >= 15 is 0 Å². The van der Waals surface area contributed by atoms with Gasteiger partial charge in [0.25, 0.3) is 0 Å². The van der Waals surface area contributed by atoms with Crippen LogP contribution in [0, 0.1) is 12.8 Å². The number of hydrogen-bond donors (Lipinski definition) is 2. The van der Waals surface area contributed by atoms with Crippen molar-refractivity contribution in [2.24, 2.45) is 5.92 Å². The number of rotatable bonds is 6. The lowest BCUT2D eigenvalue weighted by atomic mass is 10.1. The molecule has 0 saturated heterocycles. The van der Waals surface area contributed by atoms with Crippen LogP contribution >= 0.6 is 0 Å². The molecule has 1 aromatic rings. The molecule has 0 aliphatic carbocycles. The van der Waals surface area contributed by atoms with Gasteiger partial charge in [0, 0.05) is 24.1 Å². The maximum absolute atomic E-state index is 10.6. The van der Waals surface area contributed by atoms with Crippen molar-refractivity contribution in [3.63, 3.8) is 0 Å². The second kappa shape index (κ2) is 6.10. The molecule has 0 spiro atoms. The number of hydrogen-bond acceptors (Lipinski definition) is 3. The number of pyridine rings is 1. The SMILES string of the molecule is Cc1cc(NCCCC(C)C(=O)O)ccn1. The molecule has 0 aliphatic heterocycles. The number of anilines is 1. The maximum atomic E-state index is 10.6. The third-order valence-electron chi connectivity index (χ3n) is 2.46. The molecule has 1 heterocycles. The second-order valence-corrected chi connectivity index (χ2v) is 3.99. The smallest absolute Gasteiger partial charge is 0.306 e. The van der Waals surface area contributed by atoms with Gasteiger partial charge in [-0.3, -0.25) is 9.78 Å². The third-order valence-corrected chi connectivity index (χ3v) is 2.46. The van der Waals surface area contributed by atoms with Crippen molar-refractivity contribution in [2.75, 3.05) is 11.9 Å². The van der Waals surface area contributed by atoms with Crippen LogP contribution in [0.15, 0.2) is 18.3 Å². The van der Waals surface area contributed by atoms with Crippen LogP contribution in [0.4, 0.5) is 5.69 Å². The minimum absolute atomic E-state index is 0.263. The van der Waals surface area contributed by atoms with E-state index in [1.54, 1.807) is 13.1 Å². The fourth-order valence-electron chi connectivity index (χ4n) is 1.42. The van der Waals surface area contributed by atoms with Crippen molar-refractivity contribution in [1.82, 2.24) is 4.98 Å². The van der Waals surface area contributed by atoms with Gasteiger partial charge in [0.15, 0.2) is 0 Å². The molecule has 0 radical (unpaired) electrons. The summed E-state index contributed by atoms with van der Waals surface area (Å²) in [5.74, 6) is -0.985. The van der Waals surface area contributed by atoms with Crippen LogP contribution in [0.25, 0.3) is 0 Å². The zero-order chi connectivity index (χ0) is 12.0. The first-order valence-corrected chi connectivity index (χ1v) is 5.49. The predicted molar refractivity (Wildman–Crippen MR) is 63.5 cm³/mol. The Morgan fingerprint density at radius 3 is 3.00 bits per heavy atom. The summed E-state index contributed by atoms with van der Waals surface area (Å²) >= 11 is 0. The Hall–Kier alpha value is -1.58. The fraction of sp³-hybridized carbons (Fsp3) is 0.500. The molecule has 1 atom stereocenters. The number of carbonyl (C=O) groups is 1. The molecule has 2 N–H and O–H groups in total. The molecule has 1 aromatic heterocycles. The first-order valence-electron chi connectivity index (χ1n) is 5.49. The van der Waals surface area contributed by atoms with Crippen molar-refractivity contribution >= 4 is 11.7 Å². The molecule has 0 saturated carbocycles. The zero-order valence-corrected chi connectivity index (χ0v) is 9.73. The molecule has 16 heavy (non-hydrogen) atoms. The molecule has 0 bridgehead atoms. The Morgan fingerprint density at radius 2 is 2.38 bits per heavy atom. The van der Waals surface area contributed by atoms with Gasteiger partial charge >= 0.3 is 5.97 Å². The molecule has 0 aliphatic rings. The van der Waals surface area contributed by atoms with Gasteiger partial charge in [0.05, 0.1) is 5.92 Å². The average Bonchev–Trinajstić information content (AvgIpc) is 2.24. The fourth-order valence-corrected chi connectivity index (χ4v) is 1.42.